The molecule has 0 aliphatic rings. The molecule has 3 aromatic rings. The van der Waals surface area contributed by atoms with Crippen LogP contribution in [0.5, 0.6) is 0 Å². The summed E-state index contributed by atoms with van der Waals surface area (Å²) >= 11 is 0. The summed E-state index contributed by atoms with van der Waals surface area (Å²) < 4.78 is 1.53. The van der Waals surface area contributed by atoms with E-state index in [1.807, 2.05) is 36.4 Å². The van der Waals surface area contributed by atoms with Gasteiger partial charge in [-0.05, 0) is 24.3 Å². The van der Waals surface area contributed by atoms with Crippen LogP contribution in [0.2, 0.25) is 0 Å². The normalized spacial score (nSPS) is 10.6. The minimum atomic E-state index is -1.10. The average molecular weight is 309 g/mol. The van der Waals surface area contributed by atoms with Gasteiger partial charge in [-0.15, -0.1) is 0 Å². The molecule has 0 aliphatic carbocycles. The highest BCUT2D eigenvalue weighted by Gasteiger charge is 2.12. The highest BCUT2D eigenvalue weighted by Crippen LogP contribution is 2.13. The fraction of sp³-hybridized carbons (Fsp3) is 0.118. The molecule has 6 heteroatoms. The van der Waals surface area contributed by atoms with Crippen LogP contribution < -0.4 is 10.9 Å². The maximum Gasteiger partial charge on any atom is 0.404 e. The number of nitrogens with zero attached hydrogens (tertiary/aromatic N) is 2. The Bertz CT molecular complexity index is 904. The molecule has 0 radical (unpaired) electrons. The molecular weight excluding hydrogens is 294 g/mol. The lowest BCUT2D eigenvalue weighted by Crippen LogP contribution is -2.28. The first-order chi connectivity index (χ1) is 11.2. The van der Waals surface area contributed by atoms with Gasteiger partial charge in [0.1, 0.15) is 5.82 Å². The van der Waals surface area contributed by atoms with Crippen LogP contribution in [0, 0.1) is 0 Å². The minimum absolute atomic E-state index is 0.160. The number of carboxylic acid groups (broad SMARTS) is 1. The van der Waals surface area contributed by atoms with Gasteiger partial charge >= 0.3 is 6.09 Å². The topological polar surface area (TPSA) is 84.2 Å². The van der Waals surface area contributed by atoms with Crippen molar-refractivity contribution in [1.29, 1.82) is 0 Å². The number of nitrogens with one attached hydrogen (secondary N) is 1. The number of fused-ring (bicyclic) bond motifs is 1. The molecular formula is C17H15N3O3. The third kappa shape index (κ3) is 3.06. The highest BCUT2D eigenvalue weighted by molar-refractivity contribution is 5.77. The van der Waals surface area contributed by atoms with Crippen LogP contribution in [0.3, 0.4) is 0 Å². The molecule has 23 heavy (non-hydrogen) atoms. The van der Waals surface area contributed by atoms with Crippen molar-refractivity contribution in [3.63, 3.8) is 0 Å². The minimum Gasteiger partial charge on any atom is -0.465 e. The van der Waals surface area contributed by atoms with Crippen LogP contribution in [0.4, 0.5) is 4.79 Å². The fourth-order valence-electron chi connectivity index (χ4n) is 2.47. The van der Waals surface area contributed by atoms with Crippen molar-refractivity contribution >= 4 is 17.0 Å². The Labute approximate surface area is 132 Å². The van der Waals surface area contributed by atoms with E-state index in [4.69, 9.17) is 5.11 Å². The largest absolute Gasteiger partial charge is 0.465 e. The molecule has 0 spiro atoms. The monoisotopic (exact) mass is 309 g/mol. The summed E-state index contributed by atoms with van der Waals surface area (Å²) in [5, 5.41) is 11.5. The molecule has 1 amide bonds. The Morgan fingerprint density at radius 3 is 2.52 bits per heavy atom. The van der Waals surface area contributed by atoms with E-state index in [1.165, 1.54) is 4.57 Å². The first-order valence-corrected chi connectivity index (χ1v) is 7.20. The van der Waals surface area contributed by atoms with Gasteiger partial charge in [-0.25, -0.2) is 9.78 Å². The first kappa shape index (κ1) is 14.8. The van der Waals surface area contributed by atoms with Crippen molar-refractivity contribution in [2.24, 2.45) is 0 Å². The number of benzene rings is 2. The highest BCUT2D eigenvalue weighted by atomic mass is 16.4. The second kappa shape index (κ2) is 6.31. The first-order valence-electron chi connectivity index (χ1n) is 7.20. The summed E-state index contributed by atoms with van der Waals surface area (Å²) in [6, 6.07) is 16.3. The molecule has 1 heterocycles. The van der Waals surface area contributed by atoms with E-state index in [1.54, 1.807) is 18.2 Å². The van der Waals surface area contributed by atoms with E-state index in [-0.39, 0.29) is 12.1 Å². The Hall–Kier alpha value is -3.15. The predicted octanol–water partition coefficient (Wildman–Crippen LogP) is 2.20. The van der Waals surface area contributed by atoms with E-state index < -0.39 is 6.09 Å². The summed E-state index contributed by atoms with van der Waals surface area (Å²) in [6.07, 6.45) is -0.777. The zero-order valence-corrected chi connectivity index (χ0v) is 12.3. The summed E-state index contributed by atoms with van der Waals surface area (Å²) in [4.78, 5) is 28.0. The molecule has 116 valence electrons. The fourth-order valence-corrected chi connectivity index (χ4v) is 2.47. The van der Waals surface area contributed by atoms with E-state index in [2.05, 4.69) is 10.3 Å². The van der Waals surface area contributed by atoms with Crippen LogP contribution in [0.15, 0.2) is 59.4 Å². The van der Waals surface area contributed by atoms with Gasteiger partial charge in [0.05, 0.1) is 16.6 Å². The zero-order valence-electron chi connectivity index (χ0n) is 12.3. The maximum atomic E-state index is 12.8. The second-order valence-electron chi connectivity index (χ2n) is 5.00. The number of para-hydroxylation sites is 2. The molecule has 0 atom stereocenters. The van der Waals surface area contributed by atoms with Crippen molar-refractivity contribution in [3.05, 3.63) is 70.8 Å². The van der Waals surface area contributed by atoms with Gasteiger partial charge in [0.25, 0.3) is 5.56 Å². The van der Waals surface area contributed by atoms with Gasteiger partial charge in [0, 0.05) is 13.0 Å². The summed E-state index contributed by atoms with van der Waals surface area (Å²) in [6.45, 7) is 0.187. The van der Waals surface area contributed by atoms with Crippen LogP contribution in [0.25, 0.3) is 16.6 Å². The molecule has 0 saturated carbocycles. The van der Waals surface area contributed by atoms with Crippen LogP contribution in [0.1, 0.15) is 5.82 Å². The quantitative estimate of drug-likeness (QED) is 0.774. The van der Waals surface area contributed by atoms with Gasteiger partial charge in [-0.1, -0.05) is 30.3 Å². The predicted molar refractivity (Wildman–Crippen MR) is 87.1 cm³/mol. The lowest BCUT2D eigenvalue weighted by molar-refractivity contribution is 0.194. The van der Waals surface area contributed by atoms with Crippen LogP contribution in [-0.4, -0.2) is 27.3 Å². The van der Waals surface area contributed by atoms with E-state index in [0.717, 1.165) is 0 Å². The Balaban J connectivity index is 2.15. The third-order valence-electron chi connectivity index (χ3n) is 3.48. The molecule has 6 nitrogen and oxygen atoms in total. The van der Waals surface area contributed by atoms with Crippen LogP contribution >= 0.6 is 0 Å². The molecule has 0 saturated heterocycles. The van der Waals surface area contributed by atoms with Crippen molar-refractivity contribution in [3.8, 4) is 5.69 Å². The lowest BCUT2D eigenvalue weighted by atomic mass is 10.2. The average Bonchev–Trinajstić information content (AvgIpc) is 2.55. The van der Waals surface area contributed by atoms with E-state index >= 15 is 0 Å². The van der Waals surface area contributed by atoms with Crippen LogP contribution in [-0.2, 0) is 6.42 Å². The van der Waals surface area contributed by atoms with E-state index in [9.17, 15) is 9.59 Å². The maximum absolute atomic E-state index is 12.8. The molecule has 0 aliphatic heterocycles. The molecule has 0 bridgehead atoms. The zero-order chi connectivity index (χ0) is 16.2. The number of carbonyl (C=O) groups is 1. The number of rotatable bonds is 4. The lowest BCUT2D eigenvalue weighted by Gasteiger charge is -2.13. The van der Waals surface area contributed by atoms with E-state index in [0.29, 0.717) is 28.8 Å². The number of hydrogen-bond acceptors (Lipinski definition) is 3. The Morgan fingerprint density at radius 1 is 1.09 bits per heavy atom. The van der Waals surface area contributed by atoms with Gasteiger partial charge in [0.2, 0.25) is 0 Å². The smallest absolute Gasteiger partial charge is 0.404 e. The van der Waals surface area contributed by atoms with Gasteiger partial charge in [-0.2, -0.15) is 0 Å². The third-order valence-corrected chi connectivity index (χ3v) is 3.48. The standard InChI is InChI=1S/C17H15N3O3/c21-16-13-8-4-5-9-14(13)19-15(10-11-18-17(22)23)20(16)12-6-2-1-3-7-12/h1-9,18H,10-11H2,(H,22,23). The van der Waals surface area contributed by atoms with Crippen molar-refractivity contribution in [2.75, 3.05) is 6.54 Å². The Morgan fingerprint density at radius 2 is 1.78 bits per heavy atom. The Kier molecular flexibility index (Phi) is 4.05. The van der Waals surface area contributed by atoms with Gasteiger partial charge < -0.3 is 10.4 Å². The van der Waals surface area contributed by atoms with Crippen molar-refractivity contribution in [2.45, 2.75) is 6.42 Å². The number of hydrogen-bond donors (Lipinski definition) is 2. The van der Waals surface area contributed by atoms with Gasteiger partial charge in [-0.3, -0.25) is 9.36 Å². The molecule has 1 aromatic heterocycles. The molecule has 2 aromatic carbocycles. The van der Waals surface area contributed by atoms with Gasteiger partial charge in [0.15, 0.2) is 0 Å². The van der Waals surface area contributed by atoms with Crippen molar-refractivity contribution in [1.82, 2.24) is 14.9 Å². The second-order valence-corrected chi connectivity index (χ2v) is 5.00. The number of aromatic nitrogens is 2. The van der Waals surface area contributed by atoms with Crippen molar-refractivity contribution < 1.29 is 9.90 Å². The molecule has 0 unspecified atom stereocenters. The SMILES string of the molecule is O=C(O)NCCc1nc2ccccc2c(=O)n1-c1ccccc1. The number of amides is 1. The molecule has 0 fully saturated rings. The summed E-state index contributed by atoms with van der Waals surface area (Å²) in [7, 11) is 0. The summed E-state index contributed by atoms with van der Waals surface area (Å²) in [5.41, 5.74) is 1.16. The summed E-state index contributed by atoms with van der Waals surface area (Å²) in [5.74, 6) is 0.522. The molecule has 2 N–H and O–H groups in total. The molecule has 3 rings (SSSR count).